The van der Waals surface area contributed by atoms with E-state index in [0.717, 1.165) is 36.1 Å². The molecule has 0 fully saturated rings. The van der Waals surface area contributed by atoms with Gasteiger partial charge in [0.25, 0.3) is 5.89 Å². The smallest absolute Gasteiger partial charge is 0.259 e. The Morgan fingerprint density at radius 2 is 1.63 bits per heavy atom. The minimum atomic E-state index is 0.485. The maximum atomic E-state index is 5.62. The summed E-state index contributed by atoms with van der Waals surface area (Å²) in [6.07, 6.45) is 6.18. The number of aromatic nitrogens is 4. The molecular weight excluding hydrogens is 338 g/mol. The molecule has 0 saturated heterocycles. The molecule has 27 heavy (non-hydrogen) atoms. The largest absolute Gasteiger partial charge is 0.384 e. The quantitative estimate of drug-likeness (QED) is 0.562. The molecule has 6 nitrogen and oxygen atoms in total. The Morgan fingerprint density at radius 1 is 0.815 bits per heavy atom. The van der Waals surface area contributed by atoms with E-state index < -0.39 is 0 Å². The second-order valence-electron chi connectivity index (χ2n) is 6.26. The maximum absolute atomic E-state index is 5.62. The van der Waals surface area contributed by atoms with E-state index in [0.29, 0.717) is 17.5 Å². The van der Waals surface area contributed by atoms with Gasteiger partial charge in [0, 0.05) is 24.4 Å². The van der Waals surface area contributed by atoms with Crippen LogP contribution in [0.25, 0.3) is 22.7 Å². The highest BCUT2D eigenvalue weighted by molar-refractivity contribution is 5.62. The van der Waals surface area contributed by atoms with Crippen LogP contribution in [0.5, 0.6) is 0 Å². The van der Waals surface area contributed by atoms with Crippen LogP contribution in [-0.4, -0.2) is 20.1 Å². The van der Waals surface area contributed by atoms with Gasteiger partial charge < -0.3 is 10.3 Å². The Hall–Kier alpha value is -3.54. The Morgan fingerprint density at radius 3 is 2.37 bits per heavy atom. The predicted molar refractivity (Wildman–Crippen MR) is 104 cm³/mol. The normalized spacial score (nSPS) is 10.8. The lowest BCUT2D eigenvalue weighted by Crippen LogP contribution is -1.92. The first kappa shape index (κ1) is 16.9. The van der Waals surface area contributed by atoms with Crippen molar-refractivity contribution in [1.29, 1.82) is 0 Å². The number of nitrogen functional groups attached to an aromatic ring is 1. The van der Waals surface area contributed by atoms with Gasteiger partial charge in [-0.05, 0) is 42.7 Å². The molecule has 0 bridgehead atoms. The zero-order chi connectivity index (χ0) is 18.5. The van der Waals surface area contributed by atoms with Crippen LogP contribution in [0.2, 0.25) is 0 Å². The lowest BCUT2D eigenvalue weighted by molar-refractivity contribution is 0.421. The Balaban J connectivity index is 1.40. The van der Waals surface area contributed by atoms with Crippen LogP contribution in [0.4, 0.5) is 5.82 Å². The first-order valence-corrected chi connectivity index (χ1v) is 8.83. The third-order valence-electron chi connectivity index (χ3n) is 4.27. The van der Waals surface area contributed by atoms with Crippen LogP contribution in [0.15, 0.2) is 71.5 Å². The number of nitrogens with zero attached hydrogens (tertiary/aromatic N) is 4. The molecule has 3 heterocycles. The van der Waals surface area contributed by atoms with Gasteiger partial charge in [0.05, 0.1) is 11.3 Å². The van der Waals surface area contributed by atoms with Gasteiger partial charge >= 0.3 is 0 Å². The van der Waals surface area contributed by atoms with E-state index in [4.69, 9.17) is 10.3 Å². The van der Waals surface area contributed by atoms with E-state index >= 15 is 0 Å². The van der Waals surface area contributed by atoms with Crippen LogP contribution in [-0.2, 0) is 12.8 Å². The van der Waals surface area contributed by atoms with Gasteiger partial charge in [0.15, 0.2) is 5.82 Å². The van der Waals surface area contributed by atoms with Gasteiger partial charge in [-0.1, -0.05) is 35.5 Å². The maximum Gasteiger partial charge on any atom is 0.259 e. The minimum Gasteiger partial charge on any atom is -0.384 e. The molecule has 1 aromatic carbocycles. The van der Waals surface area contributed by atoms with Gasteiger partial charge in [0.1, 0.15) is 5.82 Å². The van der Waals surface area contributed by atoms with Crippen LogP contribution in [0.1, 0.15) is 17.8 Å². The topological polar surface area (TPSA) is 90.7 Å². The fourth-order valence-corrected chi connectivity index (χ4v) is 2.82. The van der Waals surface area contributed by atoms with Crippen molar-refractivity contribution in [3.05, 3.63) is 78.4 Å². The van der Waals surface area contributed by atoms with Crippen LogP contribution < -0.4 is 5.73 Å². The summed E-state index contributed by atoms with van der Waals surface area (Å²) in [5.41, 5.74) is 9.45. The molecule has 3 aromatic heterocycles. The summed E-state index contributed by atoms with van der Waals surface area (Å²) in [5.74, 6) is 1.69. The van der Waals surface area contributed by atoms with Crippen molar-refractivity contribution in [1.82, 2.24) is 20.1 Å². The van der Waals surface area contributed by atoms with Crippen molar-refractivity contribution in [2.24, 2.45) is 0 Å². The number of nitrogens with two attached hydrogens (primary N) is 1. The third-order valence-corrected chi connectivity index (χ3v) is 4.27. The predicted octanol–water partition coefficient (Wildman–Crippen LogP) is 3.95. The summed E-state index contributed by atoms with van der Waals surface area (Å²) in [6, 6.07) is 17.9. The average Bonchev–Trinajstić information content (AvgIpc) is 3.19. The van der Waals surface area contributed by atoms with Gasteiger partial charge in [0.2, 0.25) is 0 Å². The van der Waals surface area contributed by atoms with Crippen molar-refractivity contribution in [2.45, 2.75) is 19.3 Å². The molecule has 4 aromatic rings. The van der Waals surface area contributed by atoms with E-state index in [2.05, 4.69) is 44.4 Å². The van der Waals surface area contributed by atoms with Crippen LogP contribution in [0.3, 0.4) is 0 Å². The van der Waals surface area contributed by atoms with Crippen molar-refractivity contribution in [2.75, 3.05) is 5.73 Å². The summed E-state index contributed by atoms with van der Waals surface area (Å²) in [6.45, 7) is 0. The summed E-state index contributed by atoms with van der Waals surface area (Å²) < 4.78 is 5.38. The monoisotopic (exact) mass is 357 g/mol. The first-order valence-electron chi connectivity index (χ1n) is 8.83. The van der Waals surface area contributed by atoms with Gasteiger partial charge in [-0.2, -0.15) is 4.98 Å². The molecule has 134 valence electrons. The molecule has 6 heteroatoms. The summed E-state index contributed by atoms with van der Waals surface area (Å²) in [7, 11) is 0. The molecule has 0 amide bonds. The number of rotatable bonds is 6. The molecule has 4 rings (SSSR count). The number of hydrogen-bond donors (Lipinski definition) is 1. The van der Waals surface area contributed by atoms with Gasteiger partial charge in [-0.3, -0.25) is 4.98 Å². The first-order chi connectivity index (χ1) is 13.3. The number of hydrogen-bond acceptors (Lipinski definition) is 6. The molecule has 0 radical (unpaired) electrons. The van der Waals surface area contributed by atoms with E-state index in [9.17, 15) is 0 Å². The zero-order valence-electron chi connectivity index (χ0n) is 14.7. The fourth-order valence-electron chi connectivity index (χ4n) is 2.82. The minimum absolute atomic E-state index is 0.485. The Bertz CT molecular complexity index is 995. The second-order valence-corrected chi connectivity index (χ2v) is 6.26. The standard InChI is InChI=1S/C21H19N5O/c22-19-12-10-16(13-24-19)18-11-9-17(14-23-18)21-25-20(26-27-21)8-4-7-15-5-2-1-3-6-15/h1-3,5-6,9-14H,4,7-8H2,(H2,22,24). The van der Waals surface area contributed by atoms with E-state index in [1.807, 2.05) is 24.3 Å². The molecule has 0 atom stereocenters. The number of benzene rings is 1. The summed E-state index contributed by atoms with van der Waals surface area (Å²) in [5, 5.41) is 4.08. The zero-order valence-corrected chi connectivity index (χ0v) is 14.7. The van der Waals surface area contributed by atoms with Crippen molar-refractivity contribution in [3.8, 4) is 22.7 Å². The average molecular weight is 357 g/mol. The molecular formula is C21H19N5O. The third kappa shape index (κ3) is 4.17. The summed E-state index contributed by atoms with van der Waals surface area (Å²) >= 11 is 0. The van der Waals surface area contributed by atoms with Gasteiger partial charge in [-0.25, -0.2) is 4.98 Å². The molecule has 0 aliphatic heterocycles. The Labute approximate surface area is 157 Å². The highest BCUT2D eigenvalue weighted by Crippen LogP contribution is 2.21. The lowest BCUT2D eigenvalue weighted by atomic mass is 10.1. The lowest BCUT2D eigenvalue weighted by Gasteiger charge is -2.01. The van der Waals surface area contributed by atoms with E-state index in [1.165, 1.54) is 5.56 Å². The second kappa shape index (κ2) is 7.78. The molecule has 0 aliphatic carbocycles. The highest BCUT2D eigenvalue weighted by Gasteiger charge is 2.10. The van der Waals surface area contributed by atoms with Crippen LogP contribution in [0, 0.1) is 0 Å². The number of anilines is 1. The van der Waals surface area contributed by atoms with E-state index in [-0.39, 0.29) is 0 Å². The number of pyridine rings is 2. The van der Waals surface area contributed by atoms with Crippen molar-refractivity contribution >= 4 is 5.82 Å². The van der Waals surface area contributed by atoms with Gasteiger partial charge in [-0.15, -0.1) is 0 Å². The molecule has 2 N–H and O–H groups in total. The van der Waals surface area contributed by atoms with Crippen molar-refractivity contribution < 1.29 is 4.52 Å². The van der Waals surface area contributed by atoms with Crippen LogP contribution >= 0.6 is 0 Å². The molecule has 0 aliphatic rings. The van der Waals surface area contributed by atoms with E-state index in [1.54, 1.807) is 18.5 Å². The molecule has 0 spiro atoms. The Kier molecular flexibility index (Phi) is 4.87. The number of aryl methyl sites for hydroxylation is 2. The van der Waals surface area contributed by atoms with Crippen molar-refractivity contribution in [3.63, 3.8) is 0 Å². The summed E-state index contributed by atoms with van der Waals surface area (Å²) in [4.78, 5) is 13.0. The SMILES string of the molecule is Nc1ccc(-c2ccc(-c3nc(CCCc4ccccc4)no3)cn2)cn1. The highest BCUT2D eigenvalue weighted by atomic mass is 16.5. The molecule has 0 saturated carbocycles. The molecule has 0 unspecified atom stereocenters. The fraction of sp³-hybridized carbons (Fsp3) is 0.143.